The quantitative estimate of drug-likeness (QED) is 0.353. The molecule has 0 aromatic heterocycles. The van der Waals surface area contributed by atoms with Gasteiger partial charge in [-0.05, 0) is 0 Å². The first-order valence-corrected chi connectivity index (χ1v) is 3.19. The normalized spacial score (nSPS) is 12.5. The molecule has 0 amide bonds. The van der Waals surface area contributed by atoms with Crippen molar-refractivity contribution in [3.8, 4) is 0 Å². The SMILES string of the molecule is O=CC(=O)OC(F)C(F)(F)OC(=O)C=O. The van der Waals surface area contributed by atoms with Crippen LogP contribution in [0.5, 0.6) is 0 Å². The Labute approximate surface area is 79.9 Å². The summed E-state index contributed by atoms with van der Waals surface area (Å²) in [5, 5.41) is 0. The molecule has 6 nitrogen and oxygen atoms in total. The van der Waals surface area contributed by atoms with Crippen LogP contribution in [-0.4, -0.2) is 37.0 Å². The molecule has 0 N–H and O–H groups in total. The van der Waals surface area contributed by atoms with E-state index >= 15 is 0 Å². The van der Waals surface area contributed by atoms with Crippen LogP contribution >= 0.6 is 0 Å². The van der Waals surface area contributed by atoms with E-state index in [-0.39, 0.29) is 0 Å². The predicted octanol–water partition coefficient (Wildman–Crippen LogP) is -0.641. The first-order valence-electron chi connectivity index (χ1n) is 3.19. The maximum atomic E-state index is 12.4. The van der Waals surface area contributed by atoms with Gasteiger partial charge in [-0.3, -0.25) is 9.59 Å². The van der Waals surface area contributed by atoms with E-state index in [0.29, 0.717) is 0 Å². The molecule has 0 fully saturated rings. The number of rotatable bonds is 5. The van der Waals surface area contributed by atoms with E-state index in [4.69, 9.17) is 0 Å². The fraction of sp³-hybridized carbons (Fsp3) is 0.333. The highest BCUT2D eigenvalue weighted by molar-refractivity contribution is 6.20. The predicted molar refractivity (Wildman–Crippen MR) is 34.2 cm³/mol. The topological polar surface area (TPSA) is 86.7 Å². The molecular formula is C6H3F3O6. The van der Waals surface area contributed by atoms with Gasteiger partial charge in [0, 0.05) is 0 Å². The molecule has 9 heteroatoms. The van der Waals surface area contributed by atoms with E-state index in [1.165, 1.54) is 0 Å². The average Bonchev–Trinajstić information content (AvgIpc) is 2.16. The standard InChI is InChI=1S/C6H3F3O6/c7-5(14-3(12)1-10)6(8,9)15-4(13)2-11/h1-2,5H. The molecule has 0 saturated carbocycles. The summed E-state index contributed by atoms with van der Waals surface area (Å²) in [7, 11) is 0. The third-order valence-corrected chi connectivity index (χ3v) is 0.913. The summed E-state index contributed by atoms with van der Waals surface area (Å²) in [6.07, 6.45) is -9.71. The van der Waals surface area contributed by atoms with Crippen molar-refractivity contribution < 1.29 is 41.8 Å². The number of hydrogen-bond acceptors (Lipinski definition) is 6. The molecule has 1 atom stereocenters. The van der Waals surface area contributed by atoms with Gasteiger partial charge in [-0.2, -0.15) is 13.2 Å². The molecule has 84 valence electrons. The Bertz CT molecular complexity index is 289. The van der Waals surface area contributed by atoms with Crippen molar-refractivity contribution in [1.29, 1.82) is 0 Å². The van der Waals surface area contributed by atoms with Gasteiger partial charge in [0.15, 0.2) is 0 Å². The fourth-order valence-corrected chi connectivity index (χ4v) is 0.403. The molecule has 0 aromatic rings. The minimum atomic E-state index is -4.84. The molecule has 15 heavy (non-hydrogen) atoms. The molecule has 0 aliphatic heterocycles. The zero-order chi connectivity index (χ0) is 12.1. The second-order valence-electron chi connectivity index (χ2n) is 1.97. The van der Waals surface area contributed by atoms with Gasteiger partial charge in [-0.1, -0.05) is 0 Å². The summed E-state index contributed by atoms with van der Waals surface area (Å²) in [5.74, 6) is -3.96. The van der Waals surface area contributed by atoms with Crippen molar-refractivity contribution in [3.63, 3.8) is 0 Å². The first kappa shape index (κ1) is 13.1. The van der Waals surface area contributed by atoms with Crippen molar-refractivity contribution in [3.05, 3.63) is 0 Å². The van der Waals surface area contributed by atoms with Crippen LogP contribution in [0.15, 0.2) is 0 Å². The highest BCUT2D eigenvalue weighted by Gasteiger charge is 2.47. The molecule has 0 aliphatic carbocycles. The largest absolute Gasteiger partial charge is 0.470 e. The Balaban J connectivity index is 4.43. The van der Waals surface area contributed by atoms with Crippen LogP contribution in [0.25, 0.3) is 0 Å². The monoisotopic (exact) mass is 228 g/mol. The van der Waals surface area contributed by atoms with Gasteiger partial charge in [0.1, 0.15) is 0 Å². The maximum absolute atomic E-state index is 12.4. The van der Waals surface area contributed by atoms with Crippen LogP contribution in [-0.2, 0) is 28.7 Å². The fourth-order valence-electron chi connectivity index (χ4n) is 0.403. The highest BCUT2D eigenvalue weighted by atomic mass is 19.3. The summed E-state index contributed by atoms with van der Waals surface area (Å²) in [6, 6.07) is 0. The third kappa shape index (κ3) is 4.20. The average molecular weight is 228 g/mol. The van der Waals surface area contributed by atoms with E-state index in [1.807, 2.05) is 0 Å². The molecule has 1 unspecified atom stereocenters. The van der Waals surface area contributed by atoms with Crippen molar-refractivity contribution in [1.82, 2.24) is 0 Å². The summed E-state index contributed by atoms with van der Waals surface area (Å²) < 4.78 is 43.3. The van der Waals surface area contributed by atoms with Crippen LogP contribution in [0.2, 0.25) is 0 Å². The van der Waals surface area contributed by atoms with E-state index in [2.05, 4.69) is 9.47 Å². The lowest BCUT2D eigenvalue weighted by Gasteiger charge is -2.17. The van der Waals surface area contributed by atoms with Crippen LogP contribution in [0.3, 0.4) is 0 Å². The summed E-state index contributed by atoms with van der Waals surface area (Å²) in [5.41, 5.74) is 0. The maximum Gasteiger partial charge on any atom is 0.470 e. The molecule has 0 aliphatic rings. The van der Waals surface area contributed by atoms with Crippen LogP contribution in [0.1, 0.15) is 0 Å². The molecule has 0 radical (unpaired) electrons. The smallest absolute Gasteiger partial charge is 0.415 e. The van der Waals surface area contributed by atoms with Crippen LogP contribution < -0.4 is 0 Å². The number of carbonyl (C=O) groups is 4. The number of halogens is 3. The molecule has 0 saturated heterocycles. The zero-order valence-corrected chi connectivity index (χ0v) is 6.82. The Morgan fingerprint density at radius 2 is 1.60 bits per heavy atom. The van der Waals surface area contributed by atoms with Gasteiger partial charge in [0.2, 0.25) is 12.6 Å². The van der Waals surface area contributed by atoms with Gasteiger partial charge in [-0.15, -0.1) is 0 Å². The van der Waals surface area contributed by atoms with Crippen molar-refractivity contribution >= 4 is 24.5 Å². The van der Waals surface area contributed by atoms with Gasteiger partial charge >= 0.3 is 24.4 Å². The van der Waals surface area contributed by atoms with E-state index in [0.717, 1.165) is 0 Å². The zero-order valence-electron chi connectivity index (χ0n) is 6.82. The lowest BCUT2D eigenvalue weighted by molar-refractivity contribution is -0.304. The third-order valence-electron chi connectivity index (χ3n) is 0.913. The number of ether oxygens (including phenoxy) is 2. The van der Waals surface area contributed by atoms with E-state index in [9.17, 15) is 32.3 Å². The summed E-state index contributed by atoms with van der Waals surface area (Å²) in [4.78, 5) is 39.3. The van der Waals surface area contributed by atoms with E-state index < -0.39 is 37.0 Å². The van der Waals surface area contributed by atoms with Gasteiger partial charge < -0.3 is 9.47 Å². The number of aldehydes is 2. The van der Waals surface area contributed by atoms with Crippen LogP contribution in [0.4, 0.5) is 13.2 Å². The van der Waals surface area contributed by atoms with Crippen molar-refractivity contribution in [2.75, 3.05) is 0 Å². The Kier molecular flexibility index (Phi) is 4.42. The molecular weight excluding hydrogens is 225 g/mol. The molecule has 0 aromatic carbocycles. The Hall–Kier alpha value is -1.93. The minimum Gasteiger partial charge on any atom is -0.415 e. The molecule has 0 rings (SSSR count). The molecule has 0 heterocycles. The van der Waals surface area contributed by atoms with Gasteiger partial charge in [-0.25, -0.2) is 9.59 Å². The lowest BCUT2D eigenvalue weighted by atomic mass is 10.6. The second-order valence-corrected chi connectivity index (χ2v) is 1.97. The number of esters is 2. The van der Waals surface area contributed by atoms with Crippen LogP contribution in [0, 0.1) is 0 Å². The Morgan fingerprint density at radius 3 is 2.00 bits per heavy atom. The molecule has 0 spiro atoms. The van der Waals surface area contributed by atoms with Crippen molar-refractivity contribution in [2.45, 2.75) is 12.5 Å². The summed E-state index contributed by atoms with van der Waals surface area (Å²) >= 11 is 0. The first-order chi connectivity index (χ1) is 6.83. The summed E-state index contributed by atoms with van der Waals surface area (Å²) in [6.45, 7) is 0. The minimum absolute atomic E-state index is 0.565. The number of carbonyl (C=O) groups excluding carboxylic acids is 4. The second kappa shape index (κ2) is 5.08. The lowest BCUT2D eigenvalue weighted by Crippen LogP contribution is -2.39. The molecule has 0 bridgehead atoms. The number of alkyl halides is 3. The Morgan fingerprint density at radius 1 is 1.13 bits per heavy atom. The highest BCUT2D eigenvalue weighted by Crippen LogP contribution is 2.24. The van der Waals surface area contributed by atoms with Gasteiger partial charge in [0.25, 0.3) is 0 Å². The van der Waals surface area contributed by atoms with Crippen molar-refractivity contribution in [2.24, 2.45) is 0 Å². The van der Waals surface area contributed by atoms with E-state index in [1.54, 1.807) is 0 Å². The number of hydrogen-bond donors (Lipinski definition) is 0. The van der Waals surface area contributed by atoms with Gasteiger partial charge in [0.05, 0.1) is 0 Å².